The number of hydrogen-bond acceptors (Lipinski definition) is 5. The molecule has 0 aromatic carbocycles. The molecule has 0 heterocycles. The summed E-state index contributed by atoms with van der Waals surface area (Å²) in [5.74, 6) is 2.47. The van der Waals surface area contributed by atoms with E-state index in [1.165, 1.54) is 173 Å². The molecule has 0 aliphatic carbocycles. The highest BCUT2D eigenvalue weighted by molar-refractivity contribution is 5.69. The Morgan fingerprint density at radius 2 is 0.906 bits per heavy atom. The fourth-order valence-electron chi connectivity index (χ4n) is 7.61. The number of hydrogen-bond donors (Lipinski definition) is 0. The number of ether oxygens (including phenoxy) is 2. The monoisotopic (exact) mass is 752 g/mol. The molecule has 5 heteroatoms. The number of carbonyl (C=O) groups is 2. The van der Waals surface area contributed by atoms with E-state index in [0.29, 0.717) is 13.0 Å². The maximum atomic E-state index is 12.2. The molecule has 53 heavy (non-hydrogen) atoms. The molecule has 0 aliphatic rings. The minimum atomic E-state index is 0.0136. The van der Waals surface area contributed by atoms with Gasteiger partial charge in [-0.1, -0.05) is 189 Å². The normalized spacial score (nSPS) is 12.0. The smallest absolute Gasteiger partial charge is 0.305 e. The first-order chi connectivity index (χ1) is 25.9. The van der Waals surface area contributed by atoms with Crippen molar-refractivity contribution in [2.45, 2.75) is 240 Å². The third-order valence-electron chi connectivity index (χ3n) is 11.4. The van der Waals surface area contributed by atoms with Gasteiger partial charge in [-0.2, -0.15) is 0 Å². The maximum Gasteiger partial charge on any atom is 0.305 e. The molecule has 1 unspecified atom stereocenters. The molecule has 0 amide bonds. The second-order valence-electron chi connectivity index (χ2n) is 16.5. The summed E-state index contributed by atoms with van der Waals surface area (Å²) in [5.41, 5.74) is 0. The lowest BCUT2D eigenvalue weighted by molar-refractivity contribution is -0.144. The quantitative estimate of drug-likeness (QED) is 0.0354. The van der Waals surface area contributed by atoms with E-state index < -0.39 is 0 Å². The minimum absolute atomic E-state index is 0.0136. The summed E-state index contributed by atoms with van der Waals surface area (Å²) >= 11 is 0. The fourth-order valence-corrected chi connectivity index (χ4v) is 7.61. The van der Waals surface area contributed by atoms with Crippen molar-refractivity contribution in [1.29, 1.82) is 0 Å². The highest BCUT2D eigenvalue weighted by atomic mass is 16.5. The van der Waals surface area contributed by atoms with Crippen LogP contribution in [0.2, 0.25) is 0 Å². The zero-order valence-corrected chi connectivity index (χ0v) is 37.3. The molecule has 0 bridgehead atoms. The van der Waals surface area contributed by atoms with Gasteiger partial charge >= 0.3 is 5.97 Å². The summed E-state index contributed by atoms with van der Waals surface area (Å²) in [5, 5.41) is 0. The van der Waals surface area contributed by atoms with Gasteiger partial charge in [0.25, 0.3) is 0 Å². The molecule has 0 aliphatic heterocycles. The van der Waals surface area contributed by atoms with E-state index in [2.05, 4.69) is 46.6 Å². The summed E-state index contributed by atoms with van der Waals surface area (Å²) < 4.78 is 10.8. The van der Waals surface area contributed by atoms with Gasteiger partial charge in [-0.15, -0.1) is 0 Å². The molecule has 0 N–H and O–H groups in total. The molecule has 0 rings (SSSR count). The number of unbranched alkanes of at least 4 members (excludes halogenated alkanes) is 17. The molecule has 0 aromatic heterocycles. The number of nitrogens with zero attached hydrogens (tertiary/aromatic N) is 1. The summed E-state index contributed by atoms with van der Waals surface area (Å²) in [7, 11) is 4.06. The van der Waals surface area contributed by atoms with Crippen LogP contribution in [0.15, 0.2) is 0 Å². The Morgan fingerprint density at radius 3 is 1.34 bits per heavy atom. The van der Waals surface area contributed by atoms with E-state index in [1.807, 2.05) is 7.11 Å². The molecule has 0 spiro atoms. The van der Waals surface area contributed by atoms with Gasteiger partial charge in [-0.05, 0) is 69.9 Å². The zero-order chi connectivity index (χ0) is 39.5. The molecule has 318 valence electrons. The second-order valence-corrected chi connectivity index (χ2v) is 16.5. The molecule has 0 radical (unpaired) electrons. The van der Waals surface area contributed by atoms with Gasteiger partial charge < -0.3 is 19.2 Å². The Morgan fingerprint density at radius 1 is 0.509 bits per heavy atom. The Balaban J connectivity index is 0. The summed E-state index contributed by atoms with van der Waals surface area (Å²) in [4.78, 5) is 25.1. The van der Waals surface area contributed by atoms with Gasteiger partial charge in [0.15, 0.2) is 0 Å². The summed E-state index contributed by atoms with van der Waals surface area (Å²) in [6, 6.07) is 0. The lowest BCUT2D eigenvalue weighted by atomic mass is 9.92. The third kappa shape index (κ3) is 42.1. The van der Waals surface area contributed by atoms with Crippen LogP contribution in [0.3, 0.4) is 0 Å². The highest BCUT2D eigenvalue weighted by Crippen LogP contribution is 2.23. The third-order valence-corrected chi connectivity index (χ3v) is 11.4. The minimum Gasteiger partial charge on any atom is -0.466 e. The lowest BCUT2D eigenvalue weighted by Gasteiger charge is -2.23. The van der Waals surface area contributed by atoms with Crippen molar-refractivity contribution in [3.8, 4) is 0 Å². The molecular formula is C48H97NO4. The predicted molar refractivity (Wildman–Crippen MR) is 233 cm³/mol. The van der Waals surface area contributed by atoms with E-state index in [4.69, 9.17) is 9.47 Å². The van der Waals surface area contributed by atoms with Crippen molar-refractivity contribution < 1.29 is 19.1 Å². The van der Waals surface area contributed by atoms with Gasteiger partial charge in [-0.25, -0.2) is 0 Å². The first-order valence-corrected chi connectivity index (χ1v) is 23.7. The van der Waals surface area contributed by atoms with Gasteiger partial charge in [0, 0.05) is 33.1 Å². The molecule has 1 atom stereocenters. The SMILES string of the molecule is CCCCCC(CCCCC)CCOC.CCCCCC(CCCCC)CCOC(=O)CCCCCCCC(CCCCCCCC=O)CN(C)CC. The summed E-state index contributed by atoms with van der Waals surface area (Å²) in [6.45, 7) is 15.2. The number of esters is 1. The van der Waals surface area contributed by atoms with Crippen LogP contribution in [0.4, 0.5) is 0 Å². The number of rotatable bonds is 41. The molecule has 0 saturated heterocycles. The van der Waals surface area contributed by atoms with Crippen LogP contribution in [0, 0.1) is 17.8 Å². The maximum absolute atomic E-state index is 12.2. The number of aldehydes is 1. The first-order valence-electron chi connectivity index (χ1n) is 23.7. The van der Waals surface area contributed by atoms with Crippen LogP contribution < -0.4 is 0 Å². The standard InChI is InChI=1S/C34H67NO3.C14H30O/c1-5-8-17-23-32(24-18-9-6-2)28-30-38-34(37)27-21-15-12-14-20-26-33(31-35(4)7-3)25-19-13-10-11-16-22-29-36;1-4-6-8-10-14(12-13-15-3)11-9-7-5-2/h29,32-33H,5-28,30-31H2,1-4H3;14H,4-13H2,1-3H3. The topological polar surface area (TPSA) is 55.8 Å². The van der Waals surface area contributed by atoms with Gasteiger partial charge in [-0.3, -0.25) is 4.79 Å². The zero-order valence-electron chi connectivity index (χ0n) is 37.3. The highest BCUT2D eigenvalue weighted by Gasteiger charge is 2.13. The molecule has 0 saturated carbocycles. The van der Waals surface area contributed by atoms with Crippen molar-refractivity contribution in [1.82, 2.24) is 4.90 Å². The lowest BCUT2D eigenvalue weighted by Crippen LogP contribution is -2.25. The molecule has 0 fully saturated rings. The van der Waals surface area contributed by atoms with E-state index >= 15 is 0 Å². The van der Waals surface area contributed by atoms with Crippen LogP contribution in [0.25, 0.3) is 0 Å². The van der Waals surface area contributed by atoms with E-state index in [0.717, 1.165) is 69.3 Å². The molecule has 5 nitrogen and oxygen atoms in total. The van der Waals surface area contributed by atoms with Crippen LogP contribution in [0.1, 0.15) is 240 Å². The summed E-state index contributed by atoms with van der Waals surface area (Å²) in [6.07, 6.45) is 41.0. The van der Waals surface area contributed by atoms with Crippen molar-refractivity contribution in [3.05, 3.63) is 0 Å². The molecular weight excluding hydrogens is 655 g/mol. The molecule has 0 aromatic rings. The van der Waals surface area contributed by atoms with Crippen molar-refractivity contribution >= 4 is 12.3 Å². The largest absolute Gasteiger partial charge is 0.466 e. The second kappa shape index (κ2) is 45.4. The Kier molecular flexibility index (Phi) is 46.4. The van der Waals surface area contributed by atoms with Crippen molar-refractivity contribution in [3.63, 3.8) is 0 Å². The Bertz CT molecular complexity index is 696. The van der Waals surface area contributed by atoms with Gasteiger partial charge in [0.2, 0.25) is 0 Å². The number of carbonyl (C=O) groups excluding carboxylic acids is 2. The van der Waals surface area contributed by atoms with Gasteiger partial charge in [0.05, 0.1) is 6.61 Å². The van der Waals surface area contributed by atoms with Crippen molar-refractivity contribution in [2.24, 2.45) is 17.8 Å². The van der Waals surface area contributed by atoms with Crippen LogP contribution in [-0.4, -0.2) is 57.6 Å². The Hall–Kier alpha value is -0.940. The van der Waals surface area contributed by atoms with Crippen LogP contribution in [0.5, 0.6) is 0 Å². The van der Waals surface area contributed by atoms with Crippen molar-refractivity contribution in [2.75, 3.05) is 40.5 Å². The number of methoxy groups -OCH3 is 1. The van der Waals surface area contributed by atoms with Crippen LogP contribution in [-0.2, 0) is 19.1 Å². The average molecular weight is 752 g/mol. The van der Waals surface area contributed by atoms with E-state index in [1.54, 1.807) is 0 Å². The first kappa shape index (κ1) is 54.2. The van der Waals surface area contributed by atoms with E-state index in [9.17, 15) is 9.59 Å². The Labute approximate surface area is 333 Å². The fraction of sp³-hybridized carbons (Fsp3) is 0.958. The van der Waals surface area contributed by atoms with Crippen LogP contribution >= 0.6 is 0 Å². The van der Waals surface area contributed by atoms with E-state index in [-0.39, 0.29) is 5.97 Å². The average Bonchev–Trinajstić information content (AvgIpc) is 3.16. The van der Waals surface area contributed by atoms with Gasteiger partial charge in [0.1, 0.15) is 6.29 Å². The predicted octanol–water partition coefficient (Wildman–Crippen LogP) is 14.7.